The lowest BCUT2D eigenvalue weighted by Crippen LogP contribution is -2.52. The molecular weight excluding hydrogens is 308 g/mol. The van der Waals surface area contributed by atoms with Gasteiger partial charge in [-0.1, -0.05) is 26.0 Å². The zero-order valence-corrected chi connectivity index (χ0v) is 14.4. The Morgan fingerprint density at radius 1 is 1.29 bits per heavy atom. The molecule has 1 unspecified atom stereocenters. The summed E-state index contributed by atoms with van der Waals surface area (Å²) >= 11 is 0. The molecule has 1 aliphatic rings. The first-order valence-electron chi connectivity index (χ1n) is 7.12. The van der Waals surface area contributed by atoms with Gasteiger partial charge in [-0.3, -0.25) is 0 Å². The molecule has 0 spiro atoms. The minimum atomic E-state index is -3.51. The Morgan fingerprint density at radius 3 is 2.19 bits per heavy atom. The average Bonchev–Trinajstić information content (AvgIpc) is 3.23. The normalized spacial score (nSPS) is 18.1. The second-order valence-corrected chi connectivity index (χ2v) is 7.91. The van der Waals surface area contributed by atoms with Crippen LogP contribution in [-0.4, -0.2) is 20.5 Å². The van der Waals surface area contributed by atoms with E-state index in [1.807, 2.05) is 19.1 Å². The van der Waals surface area contributed by atoms with Gasteiger partial charge in [0.05, 0.1) is 4.90 Å². The molecule has 1 aromatic rings. The Bertz CT molecular complexity index is 568. The van der Waals surface area contributed by atoms with Gasteiger partial charge >= 0.3 is 0 Å². The molecule has 1 atom stereocenters. The number of halogens is 1. The first-order valence-corrected chi connectivity index (χ1v) is 8.61. The first-order chi connectivity index (χ1) is 9.28. The maximum atomic E-state index is 12.5. The lowest BCUT2D eigenvalue weighted by molar-refractivity contribution is 0.374. The minimum absolute atomic E-state index is 0. The molecule has 1 aromatic carbocycles. The third-order valence-electron chi connectivity index (χ3n) is 4.13. The Balaban J connectivity index is 0.00000220. The summed E-state index contributed by atoms with van der Waals surface area (Å²) in [5, 5.41) is 0. The molecule has 2 rings (SSSR count). The van der Waals surface area contributed by atoms with Gasteiger partial charge in [0.25, 0.3) is 0 Å². The van der Waals surface area contributed by atoms with Crippen LogP contribution in [0.25, 0.3) is 0 Å². The van der Waals surface area contributed by atoms with Crippen LogP contribution in [0.5, 0.6) is 0 Å². The summed E-state index contributed by atoms with van der Waals surface area (Å²) in [5.41, 5.74) is 6.37. The van der Waals surface area contributed by atoms with Crippen LogP contribution in [0.2, 0.25) is 0 Å². The summed E-state index contributed by atoms with van der Waals surface area (Å²) in [7, 11) is -3.51. The molecular formula is C15H25ClN2O2S. The van der Waals surface area contributed by atoms with Gasteiger partial charge in [0, 0.05) is 12.1 Å². The fraction of sp³-hybridized carbons (Fsp3) is 0.600. The molecule has 0 aromatic heterocycles. The molecule has 4 nitrogen and oxygen atoms in total. The Labute approximate surface area is 134 Å². The average molecular weight is 333 g/mol. The van der Waals surface area contributed by atoms with Gasteiger partial charge in [-0.05, 0) is 49.3 Å². The van der Waals surface area contributed by atoms with Crippen LogP contribution in [-0.2, 0) is 10.0 Å². The van der Waals surface area contributed by atoms with Crippen molar-refractivity contribution < 1.29 is 8.42 Å². The Morgan fingerprint density at radius 2 is 1.81 bits per heavy atom. The molecule has 1 aliphatic carbocycles. The van der Waals surface area contributed by atoms with E-state index in [9.17, 15) is 8.42 Å². The van der Waals surface area contributed by atoms with E-state index in [4.69, 9.17) is 5.73 Å². The van der Waals surface area contributed by atoms with E-state index in [-0.39, 0.29) is 12.4 Å². The highest BCUT2D eigenvalue weighted by Gasteiger charge is 2.43. The summed E-state index contributed by atoms with van der Waals surface area (Å²) in [6.45, 7) is 6.38. The van der Waals surface area contributed by atoms with Crippen LogP contribution in [0, 0.1) is 5.92 Å². The third-order valence-corrected chi connectivity index (χ3v) is 5.75. The van der Waals surface area contributed by atoms with Gasteiger partial charge in [-0.15, -0.1) is 12.4 Å². The molecule has 120 valence electrons. The molecule has 0 amide bonds. The highest BCUT2D eigenvalue weighted by molar-refractivity contribution is 7.89. The number of rotatable bonds is 6. The molecule has 1 saturated carbocycles. The topological polar surface area (TPSA) is 72.2 Å². The fourth-order valence-corrected chi connectivity index (χ4v) is 3.89. The monoisotopic (exact) mass is 332 g/mol. The smallest absolute Gasteiger partial charge is 0.241 e. The second kappa shape index (κ2) is 6.65. The van der Waals surface area contributed by atoms with Crippen molar-refractivity contribution in [2.75, 3.05) is 6.54 Å². The van der Waals surface area contributed by atoms with Crippen molar-refractivity contribution in [2.24, 2.45) is 11.7 Å². The number of hydrogen-bond acceptors (Lipinski definition) is 3. The lowest BCUT2D eigenvalue weighted by Gasteiger charge is -2.29. The maximum Gasteiger partial charge on any atom is 0.241 e. The van der Waals surface area contributed by atoms with E-state index in [1.54, 1.807) is 12.1 Å². The molecule has 0 heterocycles. The highest BCUT2D eigenvalue weighted by atomic mass is 35.5. The van der Waals surface area contributed by atoms with E-state index in [1.165, 1.54) is 0 Å². The summed E-state index contributed by atoms with van der Waals surface area (Å²) < 4.78 is 27.7. The predicted octanol–water partition coefficient (Wildman–Crippen LogP) is 2.64. The lowest BCUT2D eigenvalue weighted by atomic mass is 9.98. The van der Waals surface area contributed by atoms with Gasteiger partial charge < -0.3 is 5.73 Å². The molecule has 0 bridgehead atoms. The first kappa shape index (κ1) is 18.4. The third kappa shape index (κ3) is 4.19. The van der Waals surface area contributed by atoms with E-state index < -0.39 is 15.6 Å². The molecule has 0 radical (unpaired) electrons. The predicted molar refractivity (Wildman–Crippen MR) is 88.3 cm³/mol. The SMILES string of the molecule is CC(C)c1ccc(S(=O)(=O)NC(C)(CN)C2CC2)cc1.Cl. The maximum absolute atomic E-state index is 12.5. The van der Waals surface area contributed by atoms with Crippen molar-refractivity contribution in [3.63, 3.8) is 0 Å². The molecule has 3 N–H and O–H groups in total. The van der Waals surface area contributed by atoms with Crippen LogP contribution in [0.3, 0.4) is 0 Å². The minimum Gasteiger partial charge on any atom is -0.329 e. The highest BCUT2D eigenvalue weighted by Crippen LogP contribution is 2.39. The zero-order chi connectivity index (χ0) is 15.0. The van der Waals surface area contributed by atoms with Gasteiger partial charge in [0.1, 0.15) is 0 Å². The standard InChI is InChI=1S/C15H24N2O2S.ClH/c1-11(2)12-4-8-14(9-5-12)20(18,19)17-15(3,10-16)13-6-7-13;/h4-5,8-9,11,13,17H,6-7,10,16H2,1-3H3;1H. The summed E-state index contributed by atoms with van der Waals surface area (Å²) in [6.07, 6.45) is 2.09. The van der Waals surface area contributed by atoms with Crippen molar-refractivity contribution in [1.82, 2.24) is 4.72 Å². The zero-order valence-electron chi connectivity index (χ0n) is 12.8. The quantitative estimate of drug-likeness (QED) is 0.841. The molecule has 1 fully saturated rings. The van der Waals surface area contributed by atoms with Crippen molar-refractivity contribution in [3.05, 3.63) is 29.8 Å². The summed E-state index contributed by atoms with van der Waals surface area (Å²) in [4.78, 5) is 0.308. The molecule has 6 heteroatoms. The van der Waals surface area contributed by atoms with Crippen LogP contribution >= 0.6 is 12.4 Å². The van der Waals surface area contributed by atoms with E-state index in [0.29, 0.717) is 23.3 Å². The van der Waals surface area contributed by atoms with E-state index in [2.05, 4.69) is 18.6 Å². The summed E-state index contributed by atoms with van der Waals surface area (Å²) in [6, 6.07) is 7.08. The van der Waals surface area contributed by atoms with Gasteiger partial charge in [-0.25, -0.2) is 13.1 Å². The number of hydrogen-bond donors (Lipinski definition) is 2. The largest absolute Gasteiger partial charge is 0.329 e. The summed E-state index contributed by atoms with van der Waals surface area (Å²) in [5.74, 6) is 0.748. The van der Waals surface area contributed by atoms with Gasteiger partial charge in [0.2, 0.25) is 10.0 Å². The molecule has 0 saturated heterocycles. The Kier molecular flexibility index (Phi) is 5.83. The second-order valence-electron chi connectivity index (χ2n) is 6.23. The Hall–Kier alpha value is -0.620. The van der Waals surface area contributed by atoms with E-state index >= 15 is 0 Å². The van der Waals surface area contributed by atoms with Crippen molar-refractivity contribution in [1.29, 1.82) is 0 Å². The van der Waals surface area contributed by atoms with Crippen molar-refractivity contribution in [3.8, 4) is 0 Å². The van der Waals surface area contributed by atoms with Crippen LogP contribution in [0.4, 0.5) is 0 Å². The number of nitrogens with one attached hydrogen (secondary N) is 1. The number of sulfonamides is 1. The number of nitrogens with two attached hydrogens (primary N) is 1. The van der Waals surface area contributed by atoms with Crippen molar-refractivity contribution >= 4 is 22.4 Å². The van der Waals surface area contributed by atoms with Crippen LogP contribution < -0.4 is 10.5 Å². The van der Waals surface area contributed by atoms with Crippen LogP contribution in [0.15, 0.2) is 29.2 Å². The van der Waals surface area contributed by atoms with Gasteiger partial charge in [0.15, 0.2) is 0 Å². The van der Waals surface area contributed by atoms with E-state index in [0.717, 1.165) is 18.4 Å². The fourth-order valence-electron chi connectivity index (χ4n) is 2.41. The molecule has 21 heavy (non-hydrogen) atoms. The number of benzene rings is 1. The van der Waals surface area contributed by atoms with Gasteiger partial charge in [-0.2, -0.15) is 0 Å². The molecule has 0 aliphatic heterocycles. The van der Waals surface area contributed by atoms with Crippen LogP contribution in [0.1, 0.15) is 45.1 Å². The van der Waals surface area contributed by atoms with Crippen molar-refractivity contribution in [2.45, 2.75) is 50.0 Å².